The van der Waals surface area contributed by atoms with Crippen LogP contribution in [-0.2, 0) is 16.1 Å². The van der Waals surface area contributed by atoms with Gasteiger partial charge in [-0.05, 0) is 43.7 Å². The van der Waals surface area contributed by atoms with Gasteiger partial charge in [0, 0.05) is 30.6 Å². The van der Waals surface area contributed by atoms with E-state index in [-0.39, 0.29) is 49.4 Å². The highest BCUT2D eigenvalue weighted by Crippen LogP contribution is 2.25. The number of carbonyl (C=O) groups is 2. The fourth-order valence-corrected chi connectivity index (χ4v) is 4.11. The molecule has 1 atom stereocenters. The first kappa shape index (κ1) is 23.6. The zero-order chi connectivity index (χ0) is 24.2. The van der Waals surface area contributed by atoms with Gasteiger partial charge in [0.05, 0.1) is 26.9 Å². The van der Waals surface area contributed by atoms with Gasteiger partial charge in [-0.25, -0.2) is 0 Å². The van der Waals surface area contributed by atoms with E-state index in [1.165, 1.54) is 4.90 Å². The first-order valence-corrected chi connectivity index (χ1v) is 11.3. The third kappa shape index (κ3) is 5.17. The summed E-state index contributed by atoms with van der Waals surface area (Å²) >= 11 is 0. The van der Waals surface area contributed by atoms with Crippen LogP contribution in [0.5, 0.6) is 11.5 Å². The molecule has 8 heteroatoms. The van der Waals surface area contributed by atoms with Crippen molar-refractivity contribution in [3.63, 3.8) is 0 Å². The smallest absolute Gasteiger partial charge is 0.290 e. The lowest BCUT2D eigenvalue weighted by Crippen LogP contribution is -2.42. The predicted molar refractivity (Wildman–Crippen MR) is 127 cm³/mol. The van der Waals surface area contributed by atoms with Gasteiger partial charge in [-0.3, -0.25) is 9.59 Å². The Morgan fingerprint density at radius 3 is 2.41 bits per heavy atom. The Hall–Kier alpha value is -3.52. The molecule has 0 N–H and O–H groups in total. The van der Waals surface area contributed by atoms with Crippen LogP contribution in [0.1, 0.15) is 30.0 Å². The van der Waals surface area contributed by atoms with Crippen molar-refractivity contribution in [1.29, 1.82) is 0 Å². The second-order valence-corrected chi connectivity index (χ2v) is 8.63. The molecule has 34 heavy (non-hydrogen) atoms. The summed E-state index contributed by atoms with van der Waals surface area (Å²) in [4.78, 5) is 29.5. The molecule has 8 nitrogen and oxygen atoms in total. The minimum Gasteiger partial charge on any atom is -0.497 e. The highest BCUT2D eigenvalue weighted by atomic mass is 16.5. The molecule has 0 spiro atoms. The molecule has 1 aromatic heterocycles. The lowest BCUT2D eigenvalue weighted by molar-refractivity contribution is -0.133. The van der Waals surface area contributed by atoms with E-state index < -0.39 is 0 Å². The van der Waals surface area contributed by atoms with Crippen LogP contribution < -0.4 is 9.47 Å². The molecule has 0 saturated carbocycles. The van der Waals surface area contributed by atoms with Crippen LogP contribution in [0.4, 0.5) is 0 Å². The fourth-order valence-electron chi connectivity index (χ4n) is 4.11. The first-order valence-electron chi connectivity index (χ1n) is 11.3. The molecule has 180 valence electrons. The number of ether oxygens (including phenoxy) is 3. The Kier molecular flexibility index (Phi) is 7.07. The molecule has 0 bridgehead atoms. The molecule has 1 aliphatic heterocycles. The Bertz CT molecular complexity index is 1120. The van der Waals surface area contributed by atoms with Crippen LogP contribution in [0, 0.1) is 0 Å². The highest BCUT2D eigenvalue weighted by molar-refractivity contribution is 5.98. The van der Waals surface area contributed by atoms with Crippen LogP contribution >= 0.6 is 0 Å². The van der Waals surface area contributed by atoms with Gasteiger partial charge in [-0.1, -0.05) is 18.2 Å². The third-order valence-electron chi connectivity index (χ3n) is 5.91. The van der Waals surface area contributed by atoms with E-state index in [0.29, 0.717) is 23.6 Å². The molecule has 1 unspecified atom stereocenters. The summed E-state index contributed by atoms with van der Waals surface area (Å²) in [5.41, 5.74) is 1.51. The van der Waals surface area contributed by atoms with Crippen molar-refractivity contribution in [2.75, 3.05) is 33.9 Å². The summed E-state index contributed by atoms with van der Waals surface area (Å²) < 4.78 is 22.7. The summed E-state index contributed by atoms with van der Waals surface area (Å²) in [6, 6.07) is 14.7. The quantitative estimate of drug-likeness (QED) is 0.528. The van der Waals surface area contributed by atoms with E-state index in [1.807, 2.05) is 50.2 Å². The zero-order valence-electron chi connectivity index (χ0n) is 19.9. The standard InChI is InChI=1S/C26H30N2O6/c1-17(2)28-14-22(33-16-18-9-20(31-3)12-21(10-18)32-4)13-27(15-25(28)29)26(30)24-11-19-7-5-6-8-23(19)34-24/h5-12,17,22H,13-16H2,1-4H3. The van der Waals surface area contributed by atoms with Gasteiger partial charge in [0.15, 0.2) is 5.76 Å². The van der Waals surface area contributed by atoms with Crippen molar-refractivity contribution in [3.8, 4) is 11.5 Å². The molecular weight excluding hydrogens is 436 g/mol. The second kappa shape index (κ2) is 10.2. The van der Waals surface area contributed by atoms with Crippen LogP contribution in [-0.4, -0.2) is 67.6 Å². The van der Waals surface area contributed by atoms with Crippen molar-refractivity contribution >= 4 is 22.8 Å². The van der Waals surface area contributed by atoms with E-state index in [2.05, 4.69) is 0 Å². The lowest BCUT2D eigenvalue weighted by atomic mass is 10.2. The van der Waals surface area contributed by atoms with Gasteiger partial charge in [0.1, 0.15) is 23.6 Å². The van der Waals surface area contributed by atoms with Gasteiger partial charge in [-0.15, -0.1) is 0 Å². The van der Waals surface area contributed by atoms with Crippen LogP contribution in [0.3, 0.4) is 0 Å². The lowest BCUT2D eigenvalue weighted by Gasteiger charge is -2.27. The van der Waals surface area contributed by atoms with Gasteiger partial charge in [-0.2, -0.15) is 0 Å². The van der Waals surface area contributed by atoms with Crippen molar-refractivity contribution in [2.24, 2.45) is 0 Å². The molecule has 3 aromatic rings. The number of amides is 2. The Morgan fingerprint density at radius 2 is 1.76 bits per heavy atom. The normalized spacial score (nSPS) is 16.7. The Labute approximate surface area is 199 Å². The van der Waals surface area contributed by atoms with E-state index in [1.54, 1.807) is 31.3 Å². The number of hydrogen-bond donors (Lipinski definition) is 0. The number of nitrogens with zero attached hydrogens (tertiary/aromatic N) is 2. The zero-order valence-corrected chi connectivity index (χ0v) is 19.9. The van der Waals surface area contributed by atoms with Crippen LogP contribution in [0.2, 0.25) is 0 Å². The molecular formula is C26H30N2O6. The van der Waals surface area contributed by atoms with Crippen LogP contribution in [0.15, 0.2) is 52.9 Å². The topological polar surface area (TPSA) is 81.5 Å². The Balaban J connectivity index is 1.55. The summed E-state index contributed by atoms with van der Waals surface area (Å²) in [5, 5.41) is 0.843. The number of benzene rings is 2. The molecule has 1 saturated heterocycles. The summed E-state index contributed by atoms with van der Waals surface area (Å²) in [6.07, 6.45) is -0.376. The molecule has 4 rings (SSSR count). The summed E-state index contributed by atoms with van der Waals surface area (Å²) in [7, 11) is 3.19. The number of fused-ring (bicyclic) bond motifs is 1. The van der Waals surface area contributed by atoms with Gasteiger partial charge in [0.2, 0.25) is 5.91 Å². The Morgan fingerprint density at radius 1 is 1.06 bits per heavy atom. The monoisotopic (exact) mass is 466 g/mol. The van der Waals surface area contributed by atoms with Gasteiger partial charge in [0.25, 0.3) is 5.91 Å². The summed E-state index contributed by atoms with van der Waals surface area (Å²) in [5.74, 6) is 1.10. The van der Waals surface area contributed by atoms with Crippen molar-refractivity contribution in [3.05, 3.63) is 59.9 Å². The van der Waals surface area contributed by atoms with Crippen molar-refractivity contribution < 1.29 is 28.2 Å². The number of furan rings is 1. The molecule has 1 aliphatic rings. The first-order chi connectivity index (χ1) is 16.4. The maximum absolute atomic E-state index is 13.3. The molecule has 2 amide bonds. The number of methoxy groups -OCH3 is 2. The minimum atomic E-state index is -0.376. The predicted octanol–water partition coefficient (Wildman–Crippen LogP) is 3.73. The van der Waals surface area contributed by atoms with Crippen LogP contribution in [0.25, 0.3) is 11.0 Å². The van der Waals surface area contributed by atoms with Crippen molar-refractivity contribution in [1.82, 2.24) is 9.80 Å². The van der Waals surface area contributed by atoms with Gasteiger partial charge >= 0.3 is 0 Å². The molecule has 0 aliphatic carbocycles. The van der Waals surface area contributed by atoms with E-state index in [4.69, 9.17) is 18.6 Å². The highest BCUT2D eigenvalue weighted by Gasteiger charge is 2.33. The summed E-state index contributed by atoms with van der Waals surface area (Å²) in [6.45, 7) is 4.83. The third-order valence-corrected chi connectivity index (χ3v) is 5.91. The maximum Gasteiger partial charge on any atom is 0.290 e. The van der Waals surface area contributed by atoms with Crippen molar-refractivity contribution in [2.45, 2.75) is 32.6 Å². The number of para-hydroxylation sites is 1. The fraction of sp³-hybridized carbons (Fsp3) is 0.385. The van der Waals surface area contributed by atoms with E-state index in [9.17, 15) is 9.59 Å². The minimum absolute atomic E-state index is 0.0169. The number of hydrogen-bond acceptors (Lipinski definition) is 6. The molecule has 1 fully saturated rings. The SMILES string of the molecule is COc1cc(COC2CN(C(=O)c3cc4ccccc4o3)CC(=O)N(C(C)C)C2)cc(OC)c1. The molecule has 2 aromatic carbocycles. The maximum atomic E-state index is 13.3. The largest absolute Gasteiger partial charge is 0.497 e. The number of rotatable bonds is 7. The molecule has 2 heterocycles. The number of carbonyl (C=O) groups excluding carboxylic acids is 2. The van der Waals surface area contributed by atoms with Gasteiger partial charge < -0.3 is 28.4 Å². The molecule has 0 radical (unpaired) electrons. The average molecular weight is 467 g/mol. The second-order valence-electron chi connectivity index (χ2n) is 8.63. The van der Waals surface area contributed by atoms with E-state index >= 15 is 0 Å². The van der Waals surface area contributed by atoms with E-state index in [0.717, 1.165) is 10.9 Å². The average Bonchev–Trinajstić information content (AvgIpc) is 3.20.